The van der Waals surface area contributed by atoms with Gasteiger partial charge in [-0.2, -0.15) is 0 Å². The van der Waals surface area contributed by atoms with Crippen LogP contribution >= 0.6 is 0 Å². The summed E-state index contributed by atoms with van der Waals surface area (Å²) >= 11 is 0. The first-order chi connectivity index (χ1) is 22.3. The minimum Gasteiger partial charge on any atom is -0.436 e. The number of anilines is 3. The SMILES string of the molecule is c1ccc(N(c2ccc(-c3nc4c(ccc5ccccc54)o3)cc2)c2ccc3c(c2)c2ccccc2n3-c2ccccc2)cc1. The summed E-state index contributed by atoms with van der Waals surface area (Å²) < 4.78 is 8.58. The smallest absolute Gasteiger partial charge is 0.227 e. The van der Waals surface area contributed by atoms with Crippen molar-refractivity contribution >= 4 is 60.7 Å². The van der Waals surface area contributed by atoms with Crippen molar-refractivity contribution in [3.8, 4) is 17.1 Å². The van der Waals surface area contributed by atoms with E-state index in [1.807, 2.05) is 18.2 Å². The van der Waals surface area contributed by atoms with Crippen molar-refractivity contribution in [1.82, 2.24) is 9.55 Å². The van der Waals surface area contributed by atoms with E-state index in [2.05, 4.69) is 155 Å². The highest BCUT2D eigenvalue weighted by atomic mass is 16.3. The summed E-state index contributed by atoms with van der Waals surface area (Å²) in [7, 11) is 0. The lowest BCUT2D eigenvalue weighted by molar-refractivity contribution is 0.620. The molecule has 0 bridgehead atoms. The third-order valence-corrected chi connectivity index (χ3v) is 8.60. The number of benzene rings is 7. The zero-order valence-electron chi connectivity index (χ0n) is 24.3. The summed E-state index contributed by atoms with van der Waals surface area (Å²) in [5, 5.41) is 4.69. The molecule has 0 aliphatic rings. The third-order valence-electron chi connectivity index (χ3n) is 8.60. The maximum absolute atomic E-state index is 6.23. The fraction of sp³-hybridized carbons (Fsp3) is 0. The van der Waals surface area contributed by atoms with Crippen LogP contribution in [0.1, 0.15) is 0 Å². The van der Waals surface area contributed by atoms with E-state index in [0.29, 0.717) is 5.89 Å². The summed E-state index contributed by atoms with van der Waals surface area (Å²) in [6, 6.07) is 57.4. The molecule has 0 N–H and O–H groups in total. The second-order valence-electron chi connectivity index (χ2n) is 11.3. The van der Waals surface area contributed by atoms with Crippen molar-refractivity contribution in [1.29, 1.82) is 0 Å². The molecule has 9 aromatic rings. The predicted molar refractivity (Wildman–Crippen MR) is 186 cm³/mol. The van der Waals surface area contributed by atoms with E-state index in [0.717, 1.165) is 50.2 Å². The van der Waals surface area contributed by atoms with Crippen LogP contribution in [0.2, 0.25) is 0 Å². The van der Waals surface area contributed by atoms with Gasteiger partial charge in [-0.25, -0.2) is 4.98 Å². The number of aromatic nitrogens is 2. The van der Waals surface area contributed by atoms with Crippen molar-refractivity contribution in [2.75, 3.05) is 4.90 Å². The highest BCUT2D eigenvalue weighted by molar-refractivity contribution is 6.10. The molecule has 2 heterocycles. The normalized spacial score (nSPS) is 11.6. The quantitative estimate of drug-likeness (QED) is 0.204. The first-order valence-electron chi connectivity index (χ1n) is 15.1. The number of oxazole rings is 1. The van der Waals surface area contributed by atoms with Crippen molar-refractivity contribution < 1.29 is 4.42 Å². The van der Waals surface area contributed by atoms with Gasteiger partial charge in [0.25, 0.3) is 0 Å². The van der Waals surface area contributed by atoms with E-state index in [4.69, 9.17) is 9.40 Å². The number of rotatable bonds is 5. The molecule has 0 radical (unpaired) electrons. The molecule has 0 amide bonds. The first kappa shape index (κ1) is 25.4. The summed E-state index contributed by atoms with van der Waals surface area (Å²) in [6.45, 7) is 0. The van der Waals surface area contributed by atoms with Crippen LogP contribution < -0.4 is 4.90 Å². The van der Waals surface area contributed by atoms with Crippen molar-refractivity contribution in [3.63, 3.8) is 0 Å². The lowest BCUT2D eigenvalue weighted by Gasteiger charge is -2.25. The van der Waals surface area contributed by atoms with E-state index < -0.39 is 0 Å². The van der Waals surface area contributed by atoms with Crippen molar-refractivity contribution in [3.05, 3.63) is 164 Å². The Labute approximate surface area is 260 Å². The molecule has 0 atom stereocenters. The van der Waals surface area contributed by atoms with Crippen molar-refractivity contribution in [2.24, 2.45) is 0 Å². The molecule has 0 aliphatic carbocycles. The van der Waals surface area contributed by atoms with Gasteiger partial charge in [0.1, 0.15) is 5.52 Å². The Kier molecular flexibility index (Phi) is 5.78. The molecule has 212 valence electrons. The Bertz CT molecular complexity index is 2480. The highest BCUT2D eigenvalue weighted by Crippen LogP contribution is 2.40. The van der Waals surface area contributed by atoms with Gasteiger partial charge in [-0.15, -0.1) is 0 Å². The summed E-state index contributed by atoms with van der Waals surface area (Å²) in [5.74, 6) is 0.620. The van der Waals surface area contributed by atoms with E-state index in [1.54, 1.807) is 0 Å². The molecule has 7 aromatic carbocycles. The summed E-state index contributed by atoms with van der Waals surface area (Å²) in [6.07, 6.45) is 0. The molecule has 4 heteroatoms. The van der Waals surface area contributed by atoms with Gasteiger partial charge in [-0.1, -0.05) is 84.9 Å². The minimum atomic E-state index is 0.620. The lowest BCUT2D eigenvalue weighted by Crippen LogP contribution is -2.09. The zero-order chi connectivity index (χ0) is 29.7. The average molecular weight is 578 g/mol. The minimum absolute atomic E-state index is 0.620. The molecular weight excluding hydrogens is 550 g/mol. The summed E-state index contributed by atoms with van der Waals surface area (Å²) in [4.78, 5) is 7.21. The van der Waals surface area contributed by atoms with Gasteiger partial charge in [-0.05, 0) is 84.2 Å². The Morgan fingerprint density at radius 1 is 0.489 bits per heavy atom. The fourth-order valence-corrected chi connectivity index (χ4v) is 6.52. The van der Waals surface area contributed by atoms with Gasteiger partial charge in [0, 0.05) is 44.5 Å². The first-order valence-corrected chi connectivity index (χ1v) is 15.1. The van der Waals surface area contributed by atoms with Gasteiger partial charge in [-0.3, -0.25) is 0 Å². The molecule has 4 nitrogen and oxygen atoms in total. The Hall–Kier alpha value is -6.13. The van der Waals surface area contributed by atoms with Crippen LogP contribution in [0, 0.1) is 0 Å². The Morgan fingerprint density at radius 3 is 1.96 bits per heavy atom. The van der Waals surface area contributed by atoms with E-state index in [-0.39, 0.29) is 0 Å². The van der Waals surface area contributed by atoms with E-state index in [1.165, 1.54) is 21.8 Å². The predicted octanol–water partition coefficient (Wildman–Crippen LogP) is 11.2. The molecule has 0 aliphatic heterocycles. The monoisotopic (exact) mass is 577 g/mol. The van der Waals surface area contributed by atoms with Crippen LogP contribution in [0.15, 0.2) is 168 Å². The largest absolute Gasteiger partial charge is 0.436 e. The van der Waals surface area contributed by atoms with Gasteiger partial charge < -0.3 is 13.9 Å². The van der Waals surface area contributed by atoms with Crippen LogP contribution in [0.3, 0.4) is 0 Å². The van der Waals surface area contributed by atoms with Crippen LogP contribution in [0.25, 0.3) is 60.8 Å². The molecule has 2 aromatic heterocycles. The Balaban J connectivity index is 1.17. The van der Waals surface area contributed by atoms with Crippen LogP contribution in [0.4, 0.5) is 17.1 Å². The topological polar surface area (TPSA) is 34.2 Å². The Morgan fingerprint density at radius 2 is 1.13 bits per heavy atom. The third kappa shape index (κ3) is 4.19. The molecule has 0 fully saturated rings. The number of para-hydroxylation sites is 3. The van der Waals surface area contributed by atoms with Crippen LogP contribution in [-0.2, 0) is 0 Å². The molecule has 45 heavy (non-hydrogen) atoms. The second kappa shape index (κ2) is 10.2. The standard InChI is InChI=1S/C41H27N3O/c1-3-12-30(13-4-1)43(32-22-19-29(20-23-32)41-42-40-34-16-8-7-11-28(34)21-26-39(40)45-41)33-24-25-38-36(27-33)35-17-9-10-18-37(35)44(38)31-14-5-2-6-15-31/h1-27H. The molecule has 0 unspecified atom stereocenters. The molecule has 0 saturated carbocycles. The van der Waals surface area contributed by atoms with E-state index in [9.17, 15) is 0 Å². The zero-order valence-corrected chi connectivity index (χ0v) is 24.3. The molecular formula is C41H27N3O. The number of fused-ring (bicyclic) bond motifs is 6. The van der Waals surface area contributed by atoms with Gasteiger partial charge in [0.05, 0.1) is 11.0 Å². The van der Waals surface area contributed by atoms with Crippen molar-refractivity contribution in [2.45, 2.75) is 0 Å². The fourth-order valence-electron chi connectivity index (χ4n) is 6.52. The number of hydrogen-bond acceptors (Lipinski definition) is 3. The number of nitrogens with zero attached hydrogens (tertiary/aromatic N) is 3. The van der Waals surface area contributed by atoms with Gasteiger partial charge in [0.2, 0.25) is 5.89 Å². The van der Waals surface area contributed by atoms with E-state index >= 15 is 0 Å². The molecule has 0 saturated heterocycles. The maximum Gasteiger partial charge on any atom is 0.227 e. The highest BCUT2D eigenvalue weighted by Gasteiger charge is 2.18. The lowest BCUT2D eigenvalue weighted by atomic mass is 10.1. The van der Waals surface area contributed by atoms with Crippen LogP contribution in [-0.4, -0.2) is 9.55 Å². The summed E-state index contributed by atoms with van der Waals surface area (Å²) in [5.41, 5.74) is 9.37. The molecule has 9 rings (SSSR count). The number of hydrogen-bond donors (Lipinski definition) is 0. The van der Waals surface area contributed by atoms with Gasteiger partial charge in [0.15, 0.2) is 5.58 Å². The maximum atomic E-state index is 6.23. The van der Waals surface area contributed by atoms with Gasteiger partial charge >= 0.3 is 0 Å². The molecule has 0 spiro atoms. The van der Waals surface area contributed by atoms with Crippen LogP contribution in [0.5, 0.6) is 0 Å². The second-order valence-corrected chi connectivity index (χ2v) is 11.3. The average Bonchev–Trinajstić information content (AvgIpc) is 3.70.